The van der Waals surface area contributed by atoms with Crippen LogP contribution in [0, 0.1) is 5.92 Å². The Bertz CT molecular complexity index is 576. The van der Waals surface area contributed by atoms with E-state index in [1.54, 1.807) is 0 Å². The minimum absolute atomic E-state index is 0.482. The molecule has 5 heteroatoms. The van der Waals surface area contributed by atoms with E-state index in [2.05, 4.69) is 15.5 Å². The molecule has 0 aromatic heterocycles. The first kappa shape index (κ1) is 18.9. The van der Waals surface area contributed by atoms with Crippen LogP contribution in [-0.2, 0) is 16.0 Å². The lowest BCUT2D eigenvalue weighted by Gasteiger charge is -2.36. The molecule has 1 aromatic carbocycles. The van der Waals surface area contributed by atoms with Crippen LogP contribution in [0.15, 0.2) is 30.3 Å². The van der Waals surface area contributed by atoms with E-state index in [1.807, 2.05) is 30.3 Å². The zero-order valence-corrected chi connectivity index (χ0v) is 15.6. The average Bonchev–Trinajstić information content (AvgIpc) is 3.22. The monoisotopic (exact) mass is 357 g/mol. The van der Waals surface area contributed by atoms with Crippen molar-refractivity contribution in [3.63, 3.8) is 0 Å². The van der Waals surface area contributed by atoms with E-state index in [1.165, 1.54) is 25.7 Å². The molecule has 0 radical (unpaired) electrons. The highest BCUT2D eigenvalue weighted by atomic mass is 16.2. The number of rotatable bonds is 6. The largest absolute Gasteiger partial charge is 0.348 e. The normalized spacial score (nSPS) is 19.4. The van der Waals surface area contributed by atoms with E-state index in [4.69, 9.17) is 0 Å². The number of benzene rings is 1. The Kier molecular flexibility index (Phi) is 7.06. The van der Waals surface area contributed by atoms with Gasteiger partial charge < -0.3 is 15.5 Å². The predicted molar refractivity (Wildman–Crippen MR) is 103 cm³/mol. The summed E-state index contributed by atoms with van der Waals surface area (Å²) in [5.74, 6) is -0.533. The van der Waals surface area contributed by atoms with Crippen LogP contribution in [-0.4, -0.2) is 48.9 Å². The Morgan fingerprint density at radius 3 is 2.27 bits per heavy atom. The highest BCUT2D eigenvalue weighted by molar-refractivity contribution is 6.35. The van der Waals surface area contributed by atoms with E-state index in [0.717, 1.165) is 44.0 Å². The SMILES string of the molecule is O=C(NCCc1ccccc1)C(=O)NCC1CCN(C2CCCC2)CC1. The van der Waals surface area contributed by atoms with Gasteiger partial charge in [0, 0.05) is 19.1 Å². The van der Waals surface area contributed by atoms with Crippen LogP contribution in [0.2, 0.25) is 0 Å². The second-order valence-electron chi connectivity index (χ2n) is 7.62. The van der Waals surface area contributed by atoms with Crippen molar-refractivity contribution in [1.29, 1.82) is 0 Å². The first-order valence-electron chi connectivity index (χ1n) is 10.1. The van der Waals surface area contributed by atoms with E-state index in [9.17, 15) is 9.59 Å². The Morgan fingerprint density at radius 1 is 0.923 bits per heavy atom. The van der Waals surface area contributed by atoms with Gasteiger partial charge in [0.25, 0.3) is 0 Å². The average molecular weight is 357 g/mol. The standard InChI is InChI=1S/C21H31N3O2/c25-20(22-13-10-17-6-2-1-3-7-17)21(26)23-16-18-11-14-24(15-12-18)19-8-4-5-9-19/h1-3,6-7,18-19H,4-5,8-16H2,(H,22,25)(H,23,26). The molecule has 1 aliphatic heterocycles. The van der Waals surface area contributed by atoms with Gasteiger partial charge in [-0.1, -0.05) is 43.2 Å². The maximum atomic E-state index is 12.0. The lowest BCUT2D eigenvalue weighted by atomic mass is 9.95. The molecule has 1 saturated heterocycles. The number of likely N-dealkylation sites (tertiary alicyclic amines) is 1. The molecule has 1 saturated carbocycles. The minimum Gasteiger partial charge on any atom is -0.348 e. The summed E-state index contributed by atoms with van der Waals surface area (Å²) in [5, 5.41) is 5.52. The second-order valence-corrected chi connectivity index (χ2v) is 7.62. The van der Waals surface area contributed by atoms with Gasteiger partial charge in [-0.3, -0.25) is 9.59 Å². The van der Waals surface area contributed by atoms with Crippen molar-refractivity contribution in [2.75, 3.05) is 26.2 Å². The van der Waals surface area contributed by atoms with E-state index in [-0.39, 0.29) is 0 Å². The molecule has 2 aliphatic rings. The lowest BCUT2D eigenvalue weighted by Crippen LogP contribution is -2.45. The third-order valence-corrected chi connectivity index (χ3v) is 5.79. The number of nitrogens with zero attached hydrogens (tertiary/aromatic N) is 1. The number of hydrogen-bond donors (Lipinski definition) is 2. The van der Waals surface area contributed by atoms with Crippen molar-refractivity contribution < 1.29 is 9.59 Å². The van der Waals surface area contributed by atoms with E-state index >= 15 is 0 Å². The third-order valence-electron chi connectivity index (χ3n) is 5.79. The van der Waals surface area contributed by atoms with Crippen molar-refractivity contribution in [2.45, 2.75) is 51.0 Å². The molecule has 2 fully saturated rings. The molecular weight excluding hydrogens is 326 g/mol. The summed E-state index contributed by atoms with van der Waals surface area (Å²) in [7, 11) is 0. The zero-order chi connectivity index (χ0) is 18.2. The lowest BCUT2D eigenvalue weighted by molar-refractivity contribution is -0.139. The minimum atomic E-state index is -0.524. The molecule has 0 spiro atoms. The molecule has 1 heterocycles. The predicted octanol–water partition coefficient (Wildman–Crippen LogP) is 2.12. The van der Waals surface area contributed by atoms with Crippen molar-refractivity contribution >= 4 is 11.8 Å². The molecule has 2 N–H and O–H groups in total. The van der Waals surface area contributed by atoms with Gasteiger partial charge in [0.05, 0.1) is 0 Å². The van der Waals surface area contributed by atoms with Crippen LogP contribution in [0.4, 0.5) is 0 Å². The maximum absolute atomic E-state index is 12.0. The fourth-order valence-electron chi connectivity index (χ4n) is 4.15. The van der Waals surface area contributed by atoms with Gasteiger partial charge in [-0.25, -0.2) is 0 Å². The first-order valence-corrected chi connectivity index (χ1v) is 10.1. The van der Waals surface area contributed by atoms with Gasteiger partial charge in [-0.15, -0.1) is 0 Å². The molecule has 1 aromatic rings. The summed E-state index contributed by atoms with van der Waals surface area (Å²) in [6.45, 7) is 3.36. The van der Waals surface area contributed by atoms with Crippen molar-refractivity contribution in [1.82, 2.24) is 15.5 Å². The Balaban J connectivity index is 1.29. The number of carbonyl (C=O) groups excluding carboxylic acids is 2. The molecule has 1 aliphatic carbocycles. The van der Waals surface area contributed by atoms with E-state index in [0.29, 0.717) is 19.0 Å². The summed E-state index contributed by atoms with van der Waals surface area (Å²) >= 11 is 0. The van der Waals surface area contributed by atoms with Crippen molar-refractivity contribution in [3.05, 3.63) is 35.9 Å². The second kappa shape index (κ2) is 9.72. The Hall–Kier alpha value is -1.88. The first-order chi connectivity index (χ1) is 12.7. The number of amides is 2. The van der Waals surface area contributed by atoms with Gasteiger partial charge in [0.2, 0.25) is 0 Å². The maximum Gasteiger partial charge on any atom is 0.309 e. The molecule has 2 amide bonds. The fourth-order valence-corrected chi connectivity index (χ4v) is 4.15. The highest BCUT2D eigenvalue weighted by Gasteiger charge is 2.27. The summed E-state index contributed by atoms with van der Waals surface area (Å²) < 4.78 is 0. The Morgan fingerprint density at radius 2 is 1.58 bits per heavy atom. The molecular formula is C21H31N3O2. The van der Waals surface area contributed by atoms with Gasteiger partial charge >= 0.3 is 11.8 Å². The smallest absolute Gasteiger partial charge is 0.309 e. The number of piperidine rings is 1. The van der Waals surface area contributed by atoms with E-state index < -0.39 is 11.8 Å². The molecule has 26 heavy (non-hydrogen) atoms. The van der Waals surface area contributed by atoms with Gasteiger partial charge in [0.1, 0.15) is 0 Å². The molecule has 0 atom stereocenters. The van der Waals surface area contributed by atoms with Crippen LogP contribution in [0.1, 0.15) is 44.1 Å². The summed E-state index contributed by atoms with van der Waals surface area (Å²) in [6.07, 6.45) is 8.42. The van der Waals surface area contributed by atoms with Crippen LogP contribution < -0.4 is 10.6 Å². The molecule has 0 unspecified atom stereocenters. The quantitative estimate of drug-likeness (QED) is 0.767. The highest BCUT2D eigenvalue weighted by Crippen LogP contribution is 2.27. The van der Waals surface area contributed by atoms with Crippen LogP contribution in [0.25, 0.3) is 0 Å². The molecule has 5 nitrogen and oxygen atoms in total. The van der Waals surface area contributed by atoms with Crippen LogP contribution in [0.5, 0.6) is 0 Å². The molecule has 0 bridgehead atoms. The fraction of sp³-hybridized carbons (Fsp3) is 0.619. The topological polar surface area (TPSA) is 61.4 Å². The molecule has 142 valence electrons. The van der Waals surface area contributed by atoms with Crippen LogP contribution in [0.3, 0.4) is 0 Å². The summed E-state index contributed by atoms with van der Waals surface area (Å²) in [5.41, 5.74) is 1.15. The van der Waals surface area contributed by atoms with Crippen molar-refractivity contribution in [3.8, 4) is 0 Å². The van der Waals surface area contributed by atoms with Crippen molar-refractivity contribution in [2.24, 2.45) is 5.92 Å². The van der Waals surface area contributed by atoms with Crippen LogP contribution >= 0.6 is 0 Å². The Labute approximate surface area is 156 Å². The zero-order valence-electron chi connectivity index (χ0n) is 15.6. The van der Waals surface area contributed by atoms with Gasteiger partial charge in [0.15, 0.2) is 0 Å². The number of carbonyl (C=O) groups is 2. The van der Waals surface area contributed by atoms with Gasteiger partial charge in [-0.2, -0.15) is 0 Å². The number of nitrogens with one attached hydrogen (secondary N) is 2. The number of hydrogen-bond acceptors (Lipinski definition) is 3. The van der Waals surface area contributed by atoms with Gasteiger partial charge in [-0.05, 0) is 56.7 Å². The third kappa shape index (κ3) is 5.56. The summed E-state index contributed by atoms with van der Waals surface area (Å²) in [6, 6.07) is 10.7. The summed E-state index contributed by atoms with van der Waals surface area (Å²) in [4.78, 5) is 26.5. The molecule has 3 rings (SSSR count).